The lowest BCUT2D eigenvalue weighted by Gasteiger charge is -2.08. The van der Waals surface area contributed by atoms with Crippen molar-refractivity contribution in [3.8, 4) is 0 Å². The van der Waals surface area contributed by atoms with Crippen LogP contribution < -0.4 is 0 Å². The normalized spacial score (nSPS) is 11.3. The molecular formula is C17H12N4O2. The molecule has 0 bridgehead atoms. The van der Waals surface area contributed by atoms with Gasteiger partial charge in [-0.1, -0.05) is 12.1 Å². The molecule has 0 fully saturated rings. The van der Waals surface area contributed by atoms with Crippen LogP contribution in [0.1, 0.15) is 12.1 Å². The molecule has 4 rings (SSSR count). The van der Waals surface area contributed by atoms with E-state index >= 15 is 0 Å². The van der Waals surface area contributed by atoms with Gasteiger partial charge in [-0.25, -0.2) is 4.98 Å². The van der Waals surface area contributed by atoms with Gasteiger partial charge in [-0.15, -0.1) is 0 Å². The smallest absolute Gasteiger partial charge is 0.303 e. The minimum atomic E-state index is -0.852. The number of rotatable bonds is 3. The quantitative estimate of drug-likeness (QED) is 0.585. The minimum Gasteiger partial charge on any atom is -0.481 e. The largest absolute Gasteiger partial charge is 0.481 e. The molecule has 0 aliphatic carbocycles. The summed E-state index contributed by atoms with van der Waals surface area (Å²) >= 11 is 0. The topological polar surface area (TPSA) is 88.9 Å². The van der Waals surface area contributed by atoms with Crippen LogP contribution in [0.4, 0.5) is 0 Å². The second-order valence-electron chi connectivity index (χ2n) is 5.25. The van der Waals surface area contributed by atoms with E-state index < -0.39 is 5.97 Å². The fraction of sp³-hybridized carbons (Fsp3) is 0.118. The zero-order valence-electron chi connectivity index (χ0n) is 12.1. The predicted octanol–water partition coefficient (Wildman–Crippen LogP) is 2.74. The molecule has 4 aromatic rings. The van der Waals surface area contributed by atoms with Crippen LogP contribution in [-0.2, 0) is 11.2 Å². The van der Waals surface area contributed by atoms with Crippen molar-refractivity contribution in [1.29, 1.82) is 0 Å². The monoisotopic (exact) mass is 304 g/mol. The van der Waals surface area contributed by atoms with Gasteiger partial charge in [0.05, 0.1) is 23.1 Å². The van der Waals surface area contributed by atoms with E-state index in [0.29, 0.717) is 23.1 Å². The van der Waals surface area contributed by atoms with Crippen LogP contribution in [0, 0.1) is 0 Å². The number of benzene rings is 1. The molecule has 0 spiro atoms. The Labute approximate surface area is 130 Å². The van der Waals surface area contributed by atoms with E-state index in [-0.39, 0.29) is 6.42 Å². The number of aliphatic carboxylic acids is 1. The molecule has 0 aliphatic rings. The molecular weight excluding hydrogens is 292 g/mol. The highest BCUT2D eigenvalue weighted by molar-refractivity contribution is 6.20. The van der Waals surface area contributed by atoms with Gasteiger partial charge in [0.2, 0.25) is 0 Å². The first-order valence-corrected chi connectivity index (χ1v) is 7.23. The van der Waals surface area contributed by atoms with E-state index in [1.807, 2.05) is 24.3 Å². The summed E-state index contributed by atoms with van der Waals surface area (Å²) in [6, 6.07) is 7.74. The van der Waals surface area contributed by atoms with Gasteiger partial charge >= 0.3 is 5.97 Å². The Morgan fingerprint density at radius 2 is 1.57 bits per heavy atom. The van der Waals surface area contributed by atoms with Crippen LogP contribution in [-0.4, -0.2) is 31.0 Å². The fourth-order valence-corrected chi connectivity index (χ4v) is 2.74. The van der Waals surface area contributed by atoms with E-state index in [0.717, 1.165) is 21.8 Å². The summed E-state index contributed by atoms with van der Waals surface area (Å²) in [6.45, 7) is 0. The average Bonchev–Trinajstić information content (AvgIpc) is 2.60. The fourth-order valence-electron chi connectivity index (χ4n) is 2.74. The molecule has 1 aromatic carbocycles. The molecule has 0 amide bonds. The minimum absolute atomic E-state index is 0.0252. The SMILES string of the molecule is O=C(O)CCc1cnc2c3ncccc3c3cccnc3c2n1. The second-order valence-corrected chi connectivity index (χ2v) is 5.25. The molecule has 0 saturated heterocycles. The Kier molecular flexibility index (Phi) is 3.08. The maximum Gasteiger partial charge on any atom is 0.303 e. The number of carboxylic acids is 1. The van der Waals surface area contributed by atoms with Gasteiger partial charge in [0.1, 0.15) is 11.0 Å². The molecule has 6 nitrogen and oxygen atoms in total. The number of hydrogen-bond acceptors (Lipinski definition) is 5. The van der Waals surface area contributed by atoms with Crippen LogP contribution in [0.25, 0.3) is 32.8 Å². The van der Waals surface area contributed by atoms with Gasteiger partial charge in [-0.3, -0.25) is 19.7 Å². The number of carbonyl (C=O) groups is 1. The third-order valence-corrected chi connectivity index (χ3v) is 3.77. The summed E-state index contributed by atoms with van der Waals surface area (Å²) in [6.07, 6.45) is 5.43. The Morgan fingerprint density at radius 3 is 2.22 bits per heavy atom. The second kappa shape index (κ2) is 5.24. The van der Waals surface area contributed by atoms with Crippen molar-refractivity contribution < 1.29 is 9.90 Å². The van der Waals surface area contributed by atoms with Crippen LogP contribution in [0.5, 0.6) is 0 Å². The number of hydrogen-bond donors (Lipinski definition) is 1. The standard InChI is InChI=1S/C17H12N4O2/c22-13(23)6-5-10-9-20-16-14-11(3-1-7-18-14)12-4-2-8-19-15(12)17(16)21-10/h1-4,7-9H,5-6H2,(H,22,23). The molecule has 3 heterocycles. The van der Waals surface area contributed by atoms with Crippen molar-refractivity contribution in [3.05, 3.63) is 48.5 Å². The Bertz CT molecular complexity index is 1030. The molecule has 0 saturated carbocycles. The number of fused-ring (bicyclic) bond motifs is 6. The van der Waals surface area contributed by atoms with Gasteiger partial charge in [0.25, 0.3) is 0 Å². The highest BCUT2D eigenvalue weighted by atomic mass is 16.4. The van der Waals surface area contributed by atoms with Gasteiger partial charge in [-0.2, -0.15) is 0 Å². The van der Waals surface area contributed by atoms with E-state index in [1.54, 1.807) is 18.6 Å². The van der Waals surface area contributed by atoms with Crippen molar-refractivity contribution >= 4 is 38.8 Å². The number of pyridine rings is 2. The summed E-state index contributed by atoms with van der Waals surface area (Å²) in [5.74, 6) is -0.852. The number of nitrogens with zero attached hydrogens (tertiary/aromatic N) is 4. The predicted molar refractivity (Wildman–Crippen MR) is 86.1 cm³/mol. The Balaban J connectivity index is 2.06. The number of carboxylic acid groups (broad SMARTS) is 1. The van der Waals surface area contributed by atoms with E-state index in [9.17, 15) is 4.79 Å². The lowest BCUT2D eigenvalue weighted by atomic mass is 10.1. The molecule has 0 aliphatic heterocycles. The first-order valence-electron chi connectivity index (χ1n) is 7.23. The molecule has 0 radical (unpaired) electrons. The average molecular weight is 304 g/mol. The summed E-state index contributed by atoms with van der Waals surface area (Å²) in [5, 5.41) is 10.8. The van der Waals surface area contributed by atoms with Crippen LogP contribution >= 0.6 is 0 Å². The van der Waals surface area contributed by atoms with Crippen molar-refractivity contribution in [2.45, 2.75) is 12.8 Å². The van der Waals surface area contributed by atoms with Crippen LogP contribution in [0.2, 0.25) is 0 Å². The van der Waals surface area contributed by atoms with Crippen molar-refractivity contribution in [3.63, 3.8) is 0 Å². The van der Waals surface area contributed by atoms with E-state index in [1.165, 1.54) is 0 Å². The van der Waals surface area contributed by atoms with Gasteiger partial charge in [-0.05, 0) is 12.1 Å². The Hall–Kier alpha value is -3.15. The molecule has 6 heteroatoms. The molecule has 23 heavy (non-hydrogen) atoms. The third-order valence-electron chi connectivity index (χ3n) is 3.77. The first-order chi connectivity index (χ1) is 11.2. The highest BCUT2D eigenvalue weighted by Gasteiger charge is 2.13. The number of aryl methyl sites for hydroxylation is 1. The van der Waals surface area contributed by atoms with Crippen molar-refractivity contribution in [1.82, 2.24) is 19.9 Å². The van der Waals surface area contributed by atoms with Crippen LogP contribution in [0.15, 0.2) is 42.9 Å². The molecule has 1 N–H and O–H groups in total. The zero-order valence-corrected chi connectivity index (χ0v) is 12.1. The summed E-state index contributed by atoms with van der Waals surface area (Å²) in [4.78, 5) is 28.7. The van der Waals surface area contributed by atoms with E-state index in [4.69, 9.17) is 5.11 Å². The van der Waals surface area contributed by atoms with Crippen LogP contribution in [0.3, 0.4) is 0 Å². The summed E-state index contributed by atoms with van der Waals surface area (Å²) in [5.41, 5.74) is 3.52. The maximum atomic E-state index is 10.8. The first kappa shape index (κ1) is 13.5. The van der Waals surface area contributed by atoms with E-state index in [2.05, 4.69) is 19.9 Å². The lowest BCUT2D eigenvalue weighted by Crippen LogP contribution is -2.01. The van der Waals surface area contributed by atoms with Gasteiger partial charge < -0.3 is 5.11 Å². The number of aromatic nitrogens is 4. The molecule has 0 unspecified atom stereocenters. The van der Waals surface area contributed by atoms with Crippen molar-refractivity contribution in [2.24, 2.45) is 0 Å². The van der Waals surface area contributed by atoms with Crippen molar-refractivity contribution in [2.75, 3.05) is 0 Å². The lowest BCUT2D eigenvalue weighted by molar-refractivity contribution is -0.136. The van der Waals surface area contributed by atoms with Gasteiger partial charge in [0.15, 0.2) is 0 Å². The Morgan fingerprint density at radius 1 is 0.913 bits per heavy atom. The zero-order chi connectivity index (χ0) is 15.8. The molecule has 3 aromatic heterocycles. The maximum absolute atomic E-state index is 10.8. The molecule has 0 atom stereocenters. The summed E-state index contributed by atoms with van der Waals surface area (Å²) in [7, 11) is 0. The highest BCUT2D eigenvalue weighted by Crippen LogP contribution is 2.30. The third kappa shape index (κ3) is 2.24. The summed E-state index contributed by atoms with van der Waals surface area (Å²) < 4.78 is 0. The van der Waals surface area contributed by atoms with Gasteiger partial charge in [0, 0.05) is 35.8 Å². The molecule has 112 valence electrons.